The molecule has 1 saturated heterocycles. The Morgan fingerprint density at radius 2 is 2.08 bits per heavy atom. The predicted molar refractivity (Wildman–Crippen MR) is 140 cm³/mol. The molecule has 0 amide bonds. The number of piperidine rings is 1. The first-order valence-electron chi connectivity index (χ1n) is 13.0. The maximum atomic E-state index is 12.2. The van der Waals surface area contributed by atoms with Gasteiger partial charge in [0.05, 0.1) is 36.3 Å². The zero-order chi connectivity index (χ0) is 25.9. The summed E-state index contributed by atoms with van der Waals surface area (Å²) in [7, 11) is 1.61. The summed E-state index contributed by atoms with van der Waals surface area (Å²) in [4.78, 5) is 19.0. The van der Waals surface area contributed by atoms with Crippen LogP contribution in [0.25, 0.3) is 10.9 Å². The number of nitrogens with zero attached hydrogens (tertiary/aromatic N) is 3. The fourth-order valence-electron chi connectivity index (χ4n) is 6.09. The van der Waals surface area contributed by atoms with Crippen molar-refractivity contribution in [3.8, 4) is 11.8 Å². The number of carbonyl (C=O) groups is 1. The molecule has 2 fully saturated rings. The average molecular weight is 500 g/mol. The molecule has 3 atom stereocenters. The van der Waals surface area contributed by atoms with Crippen LogP contribution in [-0.4, -0.2) is 52.3 Å². The minimum atomic E-state index is -0.749. The van der Waals surface area contributed by atoms with E-state index in [0.717, 1.165) is 42.3 Å². The van der Waals surface area contributed by atoms with Crippen molar-refractivity contribution < 1.29 is 19.7 Å². The molecule has 2 aromatic carbocycles. The van der Waals surface area contributed by atoms with Crippen molar-refractivity contribution in [3.05, 3.63) is 71.4 Å². The van der Waals surface area contributed by atoms with Crippen LogP contribution in [0.4, 0.5) is 0 Å². The van der Waals surface area contributed by atoms with Crippen molar-refractivity contribution in [2.45, 2.75) is 50.2 Å². The fourth-order valence-corrected chi connectivity index (χ4v) is 6.09. The average Bonchev–Trinajstić information content (AvgIpc) is 2.90. The second kappa shape index (κ2) is 10.9. The number of benzene rings is 2. The number of aliphatic carboxylic acids is 1. The van der Waals surface area contributed by atoms with E-state index in [1.165, 1.54) is 5.56 Å². The molecule has 0 spiro atoms. The molecule has 37 heavy (non-hydrogen) atoms. The van der Waals surface area contributed by atoms with Gasteiger partial charge in [0.15, 0.2) is 0 Å². The van der Waals surface area contributed by atoms with E-state index < -0.39 is 18.0 Å². The molecule has 5 rings (SSSR count). The van der Waals surface area contributed by atoms with Crippen LogP contribution in [0.1, 0.15) is 60.8 Å². The minimum Gasteiger partial charge on any atom is -0.497 e. The van der Waals surface area contributed by atoms with E-state index in [2.05, 4.69) is 22.0 Å². The molecule has 0 unspecified atom stereocenters. The molecule has 1 aliphatic carbocycles. The van der Waals surface area contributed by atoms with Crippen LogP contribution in [0.3, 0.4) is 0 Å². The first-order valence-corrected chi connectivity index (χ1v) is 13.0. The number of carboxylic acids is 1. The van der Waals surface area contributed by atoms with E-state index in [-0.39, 0.29) is 5.92 Å². The SMILES string of the molecule is COc1ccc2nccc([C@@H](O)CC[C@@H]3CCN(C4CC(c5cccc(C#N)c5)C4)C[C@@H]3C(=O)O)c2c1. The molecule has 7 nitrogen and oxygen atoms in total. The van der Waals surface area contributed by atoms with Gasteiger partial charge in [0, 0.05) is 24.2 Å². The molecule has 0 radical (unpaired) electrons. The van der Waals surface area contributed by atoms with Gasteiger partial charge in [0.2, 0.25) is 0 Å². The van der Waals surface area contributed by atoms with Crippen LogP contribution in [-0.2, 0) is 4.79 Å². The van der Waals surface area contributed by atoms with E-state index >= 15 is 0 Å². The zero-order valence-corrected chi connectivity index (χ0v) is 21.1. The Bertz CT molecular complexity index is 1310. The fraction of sp³-hybridized carbons (Fsp3) is 0.433. The Balaban J connectivity index is 1.19. The summed E-state index contributed by atoms with van der Waals surface area (Å²) >= 11 is 0. The number of aromatic nitrogens is 1. The molecule has 1 saturated carbocycles. The molecule has 7 heteroatoms. The highest BCUT2D eigenvalue weighted by Gasteiger charge is 2.41. The summed E-state index contributed by atoms with van der Waals surface area (Å²) in [5.41, 5.74) is 3.49. The summed E-state index contributed by atoms with van der Waals surface area (Å²) in [5, 5.41) is 31.1. The summed E-state index contributed by atoms with van der Waals surface area (Å²) in [6, 6.07) is 17.9. The monoisotopic (exact) mass is 499 g/mol. The van der Waals surface area contributed by atoms with Gasteiger partial charge in [-0.3, -0.25) is 14.7 Å². The standard InChI is InChI=1S/C30H33N3O4/c1-37-24-6-7-28-26(16-24)25(9-11-32-28)29(34)8-5-20-10-12-33(18-27(20)30(35)36)23-14-22(15-23)21-4-2-3-19(13-21)17-31/h2-4,6-7,9,11,13,16,20,22-23,27,29,34H,5,8,10,12,14-15,18H2,1H3,(H,35,36)/t20-,22?,23?,27+,29+/m1/s1. The zero-order valence-electron chi connectivity index (χ0n) is 21.1. The third-order valence-electron chi connectivity index (χ3n) is 8.37. The Labute approximate surface area is 217 Å². The van der Waals surface area contributed by atoms with Crippen LogP contribution >= 0.6 is 0 Å². The summed E-state index contributed by atoms with van der Waals surface area (Å²) in [5.74, 6) is -0.00202. The molecular weight excluding hydrogens is 466 g/mol. The van der Waals surface area contributed by atoms with Gasteiger partial charge in [0.1, 0.15) is 5.75 Å². The van der Waals surface area contributed by atoms with Crippen molar-refractivity contribution in [2.24, 2.45) is 11.8 Å². The lowest BCUT2D eigenvalue weighted by Gasteiger charge is -2.47. The number of methoxy groups -OCH3 is 1. The quantitative estimate of drug-likeness (QED) is 0.454. The number of aliphatic hydroxyl groups is 1. The number of carboxylic acid groups (broad SMARTS) is 1. The van der Waals surface area contributed by atoms with Crippen molar-refractivity contribution in [1.29, 1.82) is 5.26 Å². The van der Waals surface area contributed by atoms with Gasteiger partial charge >= 0.3 is 5.97 Å². The van der Waals surface area contributed by atoms with Crippen LogP contribution in [0.15, 0.2) is 54.7 Å². The molecule has 0 bridgehead atoms. The lowest BCUT2D eigenvalue weighted by Crippen LogP contribution is -2.52. The van der Waals surface area contributed by atoms with E-state index in [4.69, 9.17) is 10.00 Å². The smallest absolute Gasteiger partial charge is 0.308 e. The molecule has 192 valence electrons. The topological polar surface area (TPSA) is 107 Å². The Morgan fingerprint density at radius 1 is 1.24 bits per heavy atom. The molecule has 2 heterocycles. The maximum Gasteiger partial charge on any atom is 0.308 e. The number of fused-ring (bicyclic) bond motifs is 1. The first-order chi connectivity index (χ1) is 18.0. The van der Waals surface area contributed by atoms with E-state index in [1.54, 1.807) is 13.3 Å². The molecule has 1 aromatic heterocycles. The molecule has 3 aromatic rings. The third kappa shape index (κ3) is 5.31. The number of pyridine rings is 1. The summed E-state index contributed by atoms with van der Waals surface area (Å²) in [6.45, 7) is 1.44. The number of ether oxygens (including phenoxy) is 1. The van der Waals surface area contributed by atoms with Gasteiger partial charge < -0.3 is 14.9 Å². The Morgan fingerprint density at radius 3 is 2.84 bits per heavy atom. The first kappa shape index (κ1) is 25.2. The molecular formula is C30H33N3O4. The maximum absolute atomic E-state index is 12.2. The number of aliphatic hydroxyl groups excluding tert-OH is 1. The highest BCUT2D eigenvalue weighted by molar-refractivity contribution is 5.83. The van der Waals surface area contributed by atoms with Crippen molar-refractivity contribution >= 4 is 16.9 Å². The van der Waals surface area contributed by atoms with Gasteiger partial charge in [-0.2, -0.15) is 5.26 Å². The van der Waals surface area contributed by atoms with Crippen molar-refractivity contribution in [3.63, 3.8) is 0 Å². The Hall–Kier alpha value is -3.47. The summed E-state index contributed by atoms with van der Waals surface area (Å²) in [6.07, 6.45) is 5.00. The van der Waals surface area contributed by atoms with Crippen molar-refractivity contribution in [2.75, 3.05) is 20.2 Å². The van der Waals surface area contributed by atoms with Crippen molar-refractivity contribution in [1.82, 2.24) is 9.88 Å². The lowest BCUT2D eigenvalue weighted by molar-refractivity contribution is -0.147. The third-order valence-corrected chi connectivity index (χ3v) is 8.37. The van der Waals surface area contributed by atoms with E-state index in [9.17, 15) is 15.0 Å². The highest BCUT2D eigenvalue weighted by Crippen LogP contribution is 2.42. The number of likely N-dealkylation sites (tertiary alicyclic amines) is 1. The van der Waals surface area contributed by atoms with Gasteiger partial charge in [-0.1, -0.05) is 12.1 Å². The number of nitriles is 1. The second-order valence-electron chi connectivity index (χ2n) is 10.4. The highest BCUT2D eigenvalue weighted by atomic mass is 16.5. The van der Waals surface area contributed by atoms with Gasteiger partial charge in [-0.15, -0.1) is 0 Å². The van der Waals surface area contributed by atoms with E-state index in [0.29, 0.717) is 42.7 Å². The minimum absolute atomic E-state index is 0.0363. The predicted octanol–water partition coefficient (Wildman–Crippen LogP) is 4.90. The lowest BCUT2D eigenvalue weighted by atomic mass is 9.73. The van der Waals surface area contributed by atoms with Gasteiger partial charge in [0.25, 0.3) is 0 Å². The summed E-state index contributed by atoms with van der Waals surface area (Å²) < 4.78 is 5.35. The van der Waals surface area contributed by atoms with Crippen LogP contribution in [0.2, 0.25) is 0 Å². The number of hydrogen-bond donors (Lipinski definition) is 2. The number of rotatable bonds is 8. The molecule has 2 N–H and O–H groups in total. The largest absolute Gasteiger partial charge is 0.497 e. The molecule has 1 aliphatic heterocycles. The van der Waals surface area contributed by atoms with Crippen LogP contribution < -0.4 is 4.74 Å². The van der Waals surface area contributed by atoms with Crippen LogP contribution in [0.5, 0.6) is 5.75 Å². The van der Waals surface area contributed by atoms with Crippen LogP contribution in [0, 0.1) is 23.2 Å². The normalized spacial score (nSPS) is 24.7. The second-order valence-corrected chi connectivity index (χ2v) is 10.4. The van der Waals surface area contributed by atoms with Gasteiger partial charge in [-0.05, 0) is 98.0 Å². The Kier molecular flexibility index (Phi) is 7.40. The van der Waals surface area contributed by atoms with Gasteiger partial charge in [-0.25, -0.2) is 0 Å². The number of hydrogen-bond acceptors (Lipinski definition) is 6. The molecule has 2 aliphatic rings. The van der Waals surface area contributed by atoms with E-state index in [1.807, 2.05) is 42.5 Å².